The number of aryl methyl sites for hydroxylation is 1. The number of ether oxygens (including phenoxy) is 1. The lowest BCUT2D eigenvalue weighted by atomic mass is 10.1. The van der Waals surface area contributed by atoms with Gasteiger partial charge in [0.25, 0.3) is 0 Å². The van der Waals surface area contributed by atoms with Crippen LogP contribution in [0.3, 0.4) is 0 Å². The Hall–Kier alpha value is -1.06. The van der Waals surface area contributed by atoms with E-state index in [9.17, 15) is 0 Å². The number of hydrogen-bond donors (Lipinski definition) is 1. The van der Waals surface area contributed by atoms with E-state index in [1.165, 1.54) is 11.3 Å². The van der Waals surface area contributed by atoms with Gasteiger partial charge in [0.1, 0.15) is 0 Å². The molecule has 0 radical (unpaired) electrons. The van der Waals surface area contributed by atoms with Gasteiger partial charge in [-0.25, -0.2) is 0 Å². The predicted octanol–water partition coefficient (Wildman–Crippen LogP) is 2.33. The molecular weight excluding hydrogens is 224 g/mol. The Morgan fingerprint density at radius 3 is 2.78 bits per heavy atom. The lowest BCUT2D eigenvalue weighted by Crippen LogP contribution is -2.46. The standard InChI is InChI=1S/C15H24N2O/c1-11-5-4-6-13(9-11)17(3)14(10-16)15-8-7-12(2)18-15/h4-6,9,12,14-15H,7-8,10,16H2,1-3H3. The molecule has 3 atom stereocenters. The average molecular weight is 248 g/mol. The van der Waals surface area contributed by atoms with Crippen LogP contribution in [0.1, 0.15) is 25.3 Å². The number of nitrogens with zero attached hydrogens (tertiary/aromatic N) is 1. The van der Waals surface area contributed by atoms with Crippen LogP contribution < -0.4 is 10.6 Å². The summed E-state index contributed by atoms with van der Waals surface area (Å²) in [5.74, 6) is 0. The van der Waals surface area contributed by atoms with E-state index in [1.807, 2.05) is 0 Å². The number of anilines is 1. The second kappa shape index (κ2) is 5.72. The van der Waals surface area contributed by atoms with Crippen molar-refractivity contribution in [3.05, 3.63) is 29.8 Å². The zero-order valence-electron chi connectivity index (χ0n) is 11.6. The van der Waals surface area contributed by atoms with Gasteiger partial charge in [-0.2, -0.15) is 0 Å². The van der Waals surface area contributed by atoms with Gasteiger partial charge >= 0.3 is 0 Å². The number of rotatable bonds is 4. The lowest BCUT2D eigenvalue weighted by Gasteiger charge is -2.33. The highest BCUT2D eigenvalue weighted by molar-refractivity contribution is 5.49. The van der Waals surface area contributed by atoms with Crippen molar-refractivity contribution < 1.29 is 4.74 Å². The molecule has 1 aromatic carbocycles. The molecule has 0 bridgehead atoms. The summed E-state index contributed by atoms with van der Waals surface area (Å²) in [5.41, 5.74) is 8.44. The Balaban J connectivity index is 2.12. The van der Waals surface area contributed by atoms with Crippen molar-refractivity contribution in [3.63, 3.8) is 0 Å². The molecule has 0 aromatic heterocycles. The highest BCUT2D eigenvalue weighted by Crippen LogP contribution is 2.26. The van der Waals surface area contributed by atoms with Crippen LogP contribution >= 0.6 is 0 Å². The largest absolute Gasteiger partial charge is 0.373 e. The van der Waals surface area contributed by atoms with Crippen molar-refractivity contribution in [2.24, 2.45) is 5.73 Å². The molecule has 1 aliphatic rings. The van der Waals surface area contributed by atoms with Crippen LogP contribution in [-0.4, -0.2) is 31.8 Å². The van der Waals surface area contributed by atoms with Crippen LogP contribution in [0.15, 0.2) is 24.3 Å². The topological polar surface area (TPSA) is 38.5 Å². The first-order valence-corrected chi connectivity index (χ1v) is 6.77. The fourth-order valence-corrected chi connectivity index (χ4v) is 2.71. The molecule has 2 rings (SSSR count). The van der Waals surface area contributed by atoms with Gasteiger partial charge in [0.15, 0.2) is 0 Å². The van der Waals surface area contributed by atoms with Crippen LogP contribution in [0.5, 0.6) is 0 Å². The quantitative estimate of drug-likeness (QED) is 0.888. The van der Waals surface area contributed by atoms with E-state index in [0.29, 0.717) is 12.6 Å². The van der Waals surface area contributed by atoms with Crippen LogP contribution in [0, 0.1) is 6.92 Å². The van der Waals surface area contributed by atoms with Crippen LogP contribution in [0.4, 0.5) is 5.69 Å². The molecule has 0 aliphatic carbocycles. The number of benzene rings is 1. The van der Waals surface area contributed by atoms with Crippen molar-refractivity contribution in [3.8, 4) is 0 Å². The molecule has 1 fully saturated rings. The smallest absolute Gasteiger partial charge is 0.0794 e. The van der Waals surface area contributed by atoms with E-state index in [0.717, 1.165) is 12.8 Å². The molecule has 3 unspecified atom stereocenters. The van der Waals surface area contributed by atoms with E-state index in [-0.39, 0.29) is 12.1 Å². The minimum atomic E-state index is 0.260. The van der Waals surface area contributed by atoms with E-state index < -0.39 is 0 Å². The molecule has 100 valence electrons. The number of nitrogens with two attached hydrogens (primary N) is 1. The van der Waals surface area contributed by atoms with Crippen molar-refractivity contribution >= 4 is 5.69 Å². The van der Waals surface area contributed by atoms with Gasteiger partial charge in [0, 0.05) is 19.3 Å². The summed E-state index contributed by atoms with van der Waals surface area (Å²) < 4.78 is 5.97. The zero-order valence-corrected chi connectivity index (χ0v) is 11.6. The highest BCUT2D eigenvalue weighted by atomic mass is 16.5. The average Bonchev–Trinajstić information content (AvgIpc) is 2.76. The molecule has 1 aromatic rings. The van der Waals surface area contributed by atoms with Gasteiger partial charge in [0.05, 0.1) is 18.2 Å². The molecule has 1 heterocycles. The first-order chi connectivity index (χ1) is 8.61. The summed E-state index contributed by atoms with van der Waals surface area (Å²) >= 11 is 0. The Bertz CT molecular complexity index is 394. The fourth-order valence-electron chi connectivity index (χ4n) is 2.71. The second-order valence-electron chi connectivity index (χ2n) is 5.32. The Morgan fingerprint density at radius 2 is 2.22 bits per heavy atom. The molecule has 0 saturated carbocycles. The summed E-state index contributed by atoms with van der Waals surface area (Å²) in [5, 5.41) is 0. The number of likely N-dealkylation sites (N-methyl/N-ethyl adjacent to an activating group) is 1. The van der Waals surface area contributed by atoms with Crippen LogP contribution in [0.2, 0.25) is 0 Å². The molecule has 1 aliphatic heterocycles. The molecule has 18 heavy (non-hydrogen) atoms. The monoisotopic (exact) mass is 248 g/mol. The number of hydrogen-bond acceptors (Lipinski definition) is 3. The second-order valence-corrected chi connectivity index (χ2v) is 5.32. The fraction of sp³-hybridized carbons (Fsp3) is 0.600. The maximum Gasteiger partial charge on any atom is 0.0794 e. The third-order valence-electron chi connectivity index (χ3n) is 3.84. The van der Waals surface area contributed by atoms with E-state index in [1.54, 1.807) is 0 Å². The Labute approximate surface area is 110 Å². The Morgan fingerprint density at radius 1 is 1.44 bits per heavy atom. The SMILES string of the molecule is Cc1cccc(N(C)C(CN)C2CCC(C)O2)c1. The highest BCUT2D eigenvalue weighted by Gasteiger charge is 2.31. The van der Waals surface area contributed by atoms with Crippen molar-refractivity contribution in [2.75, 3.05) is 18.5 Å². The summed E-state index contributed by atoms with van der Waals surface area (Å²) in [7, 11) is 2.11. The van der Waals surface area contributed by atoms with Gasteiger partial charge in [-0.1, -0.05) is 12.1 Å². The molecule has 0 amide bonds. The van der Waals surface area contributed by atoms with Gasteiger partial charge in [-0.15, -0.1) is 0 Å². The maximum atomic E-state index is 5.97. The summed E-state index contributed by atoms with van der Waals surface area (Å²) in [6, 6.07) is 8.79. The van der Waals surface area contributed by atoms with Crippen molar-refractivity contribution in [1.82, 2.24) is 0 Å². The lowest BCUT2D eigenvalue weighted by molar-refractivity contribution is 0.0411. The minimum absolute atomic E-state index is 0.260. The third kappa shape index (κ3) is 2.85. The molecule has 2 N–H and O–H groups in total. The molecule has 0 spiro atoms. The first kappa shape index (κ1) is 13.4. The van der Waals surface area contributed by atoms with Crippen molar-refractivity contribution in [2.45, 2.75) is 44.9 Å². The van der Waals surface area contributed by atoms with Crippen LogP contribution in [-0.2, 0) is 4.74 Å². The summed E-state index contributed by atoms with van der Waals surface area (Å²) in [6.45, 7) is 4.88. The summed E-state index contributed by atoms with van der Waals surface area (Å²) in [6.07, 6.45) is 2.88. The van der Waals surface area contributed by atoms with Gasteiger partial charge in [-0.05, 0) is 44.4 Å². The first-order valence-electron chi connectivity index (χ1n) is 6.77. The van der Waals surface area contributed by atoms with E-state index >= 15 is 0 Å². The van der Waals surface area contributed by atoms with Gasteiger partial charge in [-0.3, -0.25) is 0 Å². The molecule has 1 saturated heterocycles. The predicted molar refractivity (Wildman–Crippen MR) is 76.0 cm³/mol. The maximum absolute atomic E-state index is 5.97. The minimum Gasteiger partial charge on any atom is -0.373 e. The normalized spacial score (nSPS) is 25.1. The van der Waals surface area contributed by atoms with Gasteiger partial charge in [0.2, 0.25) is 0 Å². The third-order valence-corrected chi connectivity index (χ3v) is 3.84. The molecular formula is C15H24N2O. The molecule has 3 heteroatoms. The van der Waals surface area contributed by atoms with E-state index in [4.69, 9.17) is 10.5 Å². The Kier molecular flexibility index (Phi) is 4.25. The van der Waals surface area contributed by atoms with Crippen molar-refractivity contribution in [1.29, 1.82) is 0 Å². The van der Waals surface area contributed by atoms with Gasteiger partial charge < -0.3 is 15.4 Å². The van der Waals surface area contributed by atoms with E-state index in [2.05, 4.69) is 50.1 Å². The summed E-state index contributed by atoms with van der Waals surface area (Å²) in [4.78, 5) is 2.26. The zero-order chi connectivity index (χ0) is 13.1. The van der Waals surface area contributed by atoms with Crippen LogP contribution in [0.25, 0.3) is 0 Å². The molecule has 3 nitrogen and oxygen atoms in total.